The third-order valence-corrected chi connectivity index (χ3v) is 8.49. The Kier molecular flexibility index (Phi) is 8.14. The van der Waals surface area contributed by atoms with E-state index < -0.39 is 18.2 Å². The number of aryl methyl sites for hydroxylation is 1. The maximum absolute atomic E-state index is 12.9. The predicted octanol–water partition coefficient (Wildman–Crippen LogP) is 7.35. The number of carbonyl (C=O) groups is 1. The van der Waals surface area contributed by atoms with Crippen LogP contribution in [0.25, 0.3) is 10.4 Å². The van der Waals surface area contributed by atoms with E-state index in [1.54, 1.807) is 6.92 Å². The van der Waals surface area contributed by atoms with E-state index in [0.29, 0.717) is 30.5 Å². The molecule has 0 bridgehead atoms. The van der Waals surface area contributed by atoms with Crippen LogP contribution in [-0.2, 0) is 17.8 Å². The van der Waals surface area contributed by atoms with Gasteiger partial charge in [0.2, 0.25) is 0 Å². The number of likely N-dealkylation sites (tertiary alicyclic amines) is 1. The Morgan fingerprint density at radius 1 is 1.18 bits per heavy atom. The Morgan fingerprint density at radius 2 is 1.93 bits per heavy atom. The molecule has 2 aliphatic heterocycles. The molecule has 1 saturated carbocycles. The Balaban J connectivity index is 1.23. The lowest BCUT2D eigenvalue weighted by molar-refractivity contribution is -0.275. The van der Waals surface area contributed by atoms with Gasteiger partial charge in [-0.1, -0.05) is 24.2 Å². The van der Waals surface area contributed by atoms with Crippen molar-refractivity contribution in [3.63, 3.8) is 0 Å². The molecule has 3 aliphatic rings. The third-order valence-electron chi connectivity index (χ3n) is 8.49. The van der Waals surface area contributed by atoms with E-state index in [1.807, 2.05) is 0 Å². The summed E-state index contributed by atoms with van der Waals surface area (Å²) < 4.78 is 49.6. The smallest absolute Gasteiger partial charge is 0.490 e. The van der Waals surface area contributed by atoms with Gasteiger partial charge in [0.05, 0.1) is 5.92 Å². The fraction of sp³-hybridized carbons (Fsp3) is 0.552. The summed E-state index contributed by atoms with van der Waals surface area (Å²) in [4.78, 5) is 16.6. The minimum atomic E-state index is -4.82. The van der Waals surface area contributed by atoms with Gasteiger partial charge in [-0.05, 0) is 110 Å². The molecule has 1 N–H and O–H groups in total. The molecule has 0 amide bonds. The van der Waals surface area contributed by atoms with Gasteiger partial charge < -0.3 is 14.6 Å². The van der Waals surface area contributed by atoms with E-state index in [-0.39, 0.29) is 30.0 Å². The van der Waals surface area contributed by atoms with Gasteiger partial charge >= 0.3 is 12.3 Å². The Morgan fingerprint density at radius 3 is 2.58 bits per heavy atom. The molecule has 2 fully saturated rings. The summed E-state index contributed by atoms with van der Waals surface area (Å²) in [6, 6.07) is 10.1. The SMILES string of the molecule is C[C@H](C(=O)O)[C@H](c1ccc2c(c1)OC(C1CCN(Cc3cc(N=[N+]=[N-])ccc3OC(F)(F)F)CC1)CC2)C1CC1. The lowest BCUT2D eigenvalue weighted by atomic mass is 9.81. The number of nitrogens with zero attached hydrogens (tertiary/aromatic N) is 4. The number of carboxylic acids is 1. The molecular weight excluding hydrogens is 525 g/mol. The van der Waals surface area contributed by atoms with Gasteiger partial charge in [0.15, 0.2) is 0 Å². The first-order valence-corrected chi connectivity index (χ1v) is 13.8. The average molecular weight is 559 g/mol. The van der Waals surface area contributed by atoms with Crippen LogP contribution in [0.3, 0.4) is 0 Å². The van der Waals surface area contributed by atoms with Crippen molar-refractivity contribution in [3.05, 3.63) is 63.5 Å². The van der Waals surface area contributed by atoms with Crippen molar-refractivity contribution in [3.8, 4) is 11.5 Å². The summed E-state index contributed by atoms with van der Waals surface area (Å²) in [7, 11) is 0. The molecular formula is C29H33F3N4O4. The molecule has 0 spiro atoms. The maximum atomic E-state index is 12.9. The number of piperidine rings is 1. The second kappa shape index (κ2) is 11.6. The molecule has 11 heteroatoms. The molecule has 1 unspecified atom stereocenters. The molecule has 3 atom stereocenters. The highest BCUT2D eigenvalue weighted by Gasteiger charge is 2.39. The monoisotopic (exact) mass is 558 g/mol. The van der Waals surface area contributed by atoms with Crippen LogP contribution >= 0.6 is 0 Å². The minimum Gasteiger partial charge on any atom is -0.490 e. The largest absolute Gasteiger partial charge is 0.573 e. The van der Waals surface area contributed by atoms with Gasteiger partial charge in [0.25, 0.3) is 0 Å². The number of azide groups is 1. The summed E-state index contributed by atoms with van der Waals surface area (Å²) in [5.41, 5.74) is 11.4. The molecule has 2 aromatic rings. The van der Waals surface area contributed by atoms with Crippen LogP contribution in [-0.4, -0.2) is 41.5 Å². The highest BCUT2D eigenvalue weighted by Crippen LogP contribution is 2.48. The van der Waals surface area contributed by atoms with Crippen molar-refractivity contribution in [1.82, 2.24) is 4.90 Å². The Hall–Kier alpha value is -3.43. The van der Waals surface area contributed by atoms with Gasteiger partial charge in [-0.3, -0.25) is 9.69 Å². The average Bonchev–Trinajstić information content (AvgIpc) is 3.75. The lowest BCUT2D eigenvalue weighted by Crippen LogP contribution is -2.40. The standard InChI is InChI=1S/C29H33F3N4O4/c1-17(28(37)38)27(20-3-4-20)21-5-2-18-6-8-24(39-26(18)15-21)19-10-12-36(13-11-19)16-22-14-23(34-35-33)7-9-25(22)40-29(30,31)32/h2,5,7,9,14-15,17,19-20,24,27H,3-4,6,8,10-13,16H2,1H3,(H,37,38)/t17-,24?,27-/m0/s1. The number of fused-ring (bicyclic) bond motifs is 1. The second-order valence-electron chi connectivity index (χ2n) is 11.2. The van der Waals surface area contributed by atoms with Crippen LogP contribution in [0.15, 0.2) is 41.5 Å². The van der Waals surface area contributed by atoms with Gasteiger partial charge in [0.1, 0.15) is 17.6 Å². The van der Waals surface area contributed by atoms with Crippen molar-refractivity contribution in [2.75, 3.05) is 13.1 Å². The topological polar surface area (TPSA) is 108 Å². The normalized spacial score (nSPS) is 21.4. The Bertz CT molecular complexity index is 1280. The predicted molar refractivity (Wildman–Crippen MR) is 141 cm³/mol. The van der Waals surface area contributed by atoms with Crippen LogP contribution < -0.4 is 9.47 Å². The van der Waals surface area contributed by atoms with E-state index in [4.69, 9.17) is 10.3 Å². The van der Waals surface area contributed by atoms with Crippen LogP contribution in [0.2, 0.25) is 0 Å². The van der Waals surface area contributed by atoms with Crippen LogP contribution in [0.4, 0.5) is 18.9 Å². The van der Waals surface area contributed by atoms with E-state index >= 15 is 0 Å². The lowest BCUT2D eigenvalue weighted by Gasteiger charge is -2.38. The number of rotatable bonds is 9. The van der Waals surface area contributed by atoms with E-state index in [1.165, 1.54) is 18.2 Å². The van der Waals surface area contributed by atoms with E-state index in [0.717, 1.165) is 55.4 Å². The zero-order chi connectivity index (χ0) is 28.4. The fourth-order valence-corrected chi connectivity index (χ4v) is 6.28. The number of hydrogen-bond donors (Lipinski definition) is 1. The number of benzene rings is 2. The zero-order valence-electron chi connectivity index (χ0n) is 22.3. The van der Waals surface area contributed by atoms with Crippen molar-refractivity contribution in [2.24, 2.45) is 22.9 Å². The molecule has 8 nitrogen and oxygen atoms in total. The second-order valence-corrected chi connectivity index (χ2v) is 11.2. The van der Waals surface area contributed by atoms with Crippen molar-refractivity contribution in [1.29, 1.82) is 0 Å². The number of hydrogen-bond acceptors (Lipinski definition) is 5. The van der Waals surface area contributed by atoms with Gasteiger partial charge in [-0.2, -0.15) is 0 Å². The minimum absolute atomic E-state index is 0.0152. The fourth-order valence-electron chi connectivity index (χ4n) is 6.28. The van der Waals surface area contributed by atoms with Gasteiger partial charge in [-0.15, -0.1) is 13.2 Å². The van der Waals surface area contributed by atoms with E-state index in [9.17, 15) is 23.1 Å². The Labute approximate surface area is 230 Å². The van der Waals surface area contributed by atoms with Crippen molar-refractivity contribution < 1.29 is 32.5 Å². The molecule has 2 heterocycles. The molecule has 40 heavy (non-hydrogen) atoms. The summed E-state index contributed by atoms with van der Waals surface area (Å²) in [6.07, 6.45) is 0.805. The van der Waals surface area contributed by atoms with Crippen molar-refractivity contribution in [2.45, 2.75) is 70.4 Å². The third kappa shape index (κ3) is 6.64. The highest BCUT2D eigenvalue weighted by molar-refractivity contribution is 5.71. The van der Waals surface area contributed by atoms with Crippen molar-refractivity contribution >= 4 is 11.7 Å². The summed E-state index contributed by atoms with van der Waals surface area (Å²) in [5, 5.41) is 13.2. The van der Waals surface area contributed by atoms with E-state index in [2.05, 4.69) is 37.9 Å². The van der Waals surface area contributed by atoms with Gasteiger partial charge in [0, 0.05) is 22.7 Å². The molecule has 0 aromatic heterocycles. The number of carboxylic acid groups (broad SMARTS) is 1. The van der Waals surface area contributed by atoms with Crippen LogP contribution in [0, 0.1) is 17.8 Å². The molecule has 214 valence electrons. The highest BCUT2D eigenvalue weighted by atomic mass is 19.4. The van der Waals surface area contributed by atoms with Crippen LogP contribution in [0.1, 0.15) is 61.6 Å². The van der Waals surface area contributed by atoms with Crippen LogP contribution in [0.5, 0.6) is 11.5 Å². The first kappa shape index (κ1) is 28.1. The number of aliphatic carboxylic acids is 1. The molecule has 0 radical (unpaired) electrons. The molecule has 5 rings (SSSR count). The molecule has 1 aliphatic carbocycles. The summed E-state index contributed by atoms with van der Waals surface area (Å²) in [5.74, 6) is 0.0246. The number of ether oxygens (including phenoxy) is 2. The summed E-state index contributed by atoms with van der Waals surface area (Å²) in [6.45, 7) is 3.41. The number of alkyl halides is 3. The first-order valence-electron chi connectivity index (χ1n) is 13.8. The quantitative estimate of drug-likeness (QED) is 0.197. The molecule has 1 saturated heterocycles. The number of halogens is 3. The first-order chi connectivity index (χ1) is 19.1. The maximum Gasteiger partial charge on any atom is 0.573 e. The molecule has 2 aromatic carbocycles. The van der Waals surface area contributed by atoms with Gasteiger partial charge in [-0.25, -0.2) is 0 Å². The summed E-state index contributed by atoms with van der Waals surface area (Å²) >= 11 is 0. The zero-order valence-corrected chi connectivity index (χ0v) is 22.3.